The predicted octanol–water partition coefficient (Wildman–Crippen LogP) is 3.23. The summed E-state index contributed by atoms with van der Waals surface area (Å²) in [5.41, 5.74) is 1.10. The maximum atomic E-state index is 11.0. The van der Waals surface area contributed by atoms with Crippen molar-refractivity contribution in [1.29, 1.82) is 0 Å². The van der Waals surface area contributed by atoms with Crippen LogP contribution >= 0.6 is 0 Å². The third-order valence-corrected chi connectivity index (χ3v) is 3.76. The average molecular weight is 277 g/mol. The van der Waals surface area contributed by atoms with Crippen molar-refractivity contribution in [2.75, 3.05) is 25.6 Å². The summed E-state index contributed by atoms with van der Waals surface area (Å²) in [5, 5.41) is 3.47. The molecule has 1 aromatic carbocycles. The van der Waals surface area contributed by atoms with E-state index in [1.165, 1.54) is 39.2 Å². The lowest BCUT2D eigenvalue weighted by Crippen LogP contribution is -2.17. The van der Waals surface area contributed by atoms with Crippen molar-refractivity contribution in [3.05, 3.63) is 24.3 Å². The molecule has 1 fully saturated rings. The molecule has 0 saturated heterocycles. The summed E-state index contributed by atoms with van der Waals surface area (Å²) in [6.45, 7) is 0.994. The van der Waals surface area contributed by atoms with Crippen molar-refractivity contribution >= 4 is 11.7 Å². The lowest BCUT2D eigenvalue weighted by molar-refractivity contribution is -0.142. The van der Waals surface area contributed by atoms with Crippen LogP contribution in [-0.2, 0) is 9.53 Å². The van der Waals surface area contributed by atoms with Gasteiger partial charge in [0, 0.05) is 12.2 Å². The molecule has 1 aromatic rings. The molecule has 2 rings (SSSR count). The smallest absolute Gasteiger partial charge is 0.343 e. The minimum Gasteiger partial charge on any atom is -0.482 e. The van der Waals surface area contributed by atoms with Crippen molar-refractivity contribution in [1.82, 2.24) is 0 Å². The van der Waals surface area contributed by atoms with Gasteiger partial charge in [-0.3, -0.25) is 0 Å². The van der Waals surface area contributed by atoms with Gasteiger partial charge in [-0.15, -0.1) is 0 Å². The molecule has 0 radical (unpaired) electrons. The van der Waals surface area contributed by atoms with E-state index in [1.54, 1.807) is 0 Å². The topological polar surface area (TPSA) is 47.6 Å². The van der Waals surface area contributed by atoms with Gasteiger partial charge in [0.1, 0.15) is 5.75 Å². The highest BCUT2D eigenvalue weighted by Crippen LogP contribution is 2.24. The second-order valence-electron chi connectivity index (χ2n) is 5.27. The minimum atomic E-state index is -0.371. The number of methoxy groups -OCH3 is 1. The highest BCUT2D eigenvalue weighted by molar-refractivity contribution is 5.70. The zero-order valence-electron chi connectivity index (χ0n) is 12.1. The Morgan fingerprint density at radius 1 is 1.20 bits per heavy atom. The summed E-state index contributed by atoms with van der Waals surface area (Å²) in [5.74, 6) is 1.11. The van der Waals surface area contributed by atoms with E-state index in [-0.39, 0.29) is 12.6 Å². The van der Waals surface area contributed by atoms with E-state index in [0.29, 0.717) is 5.75 Å². The standard InChI is InChI=1S/C16H23NO3/c1-19-16(18)12-20-15-9-7-14(8-10-15)17-11-13-5-3-2-4-6-13/h7-10,13,17H,2-6,11-12H2,1H3. The van der Waals surface area contributed by atoms with Crippen LogP contribution in [0.5, 0.6) is 5.75 Å². The van der Waals surface area contributed by atoms with Crippen LogP contribution in [0.1, 0.15) is 32.1 Å². The summed E-state index contributed by atoms with van der Waals surface area (Å²) in [6.07, 6.45) is 6.81. The second kappa shape index (κ2) is 7.78. The maximum Gasteiger partial charge on any atom is 0.343 e. The van der Waals surface area contributed by atoms with E-state index >= 15 is 0 Å². The van der Waals surface area contributed by atoms with Gasteiger partial charge in [0.2, 0.25) is 0 Å². The first-order valence-electron chi connectivity index (χ1n) is 7.31. The van der Waals surface area contributed by atoms with Crippen LogP contribution in [0, 0.1) is 5.92 Å². The second-order valence-corrected chi connectivity index (χ2v) is 5.27. The van der Waals surface area contributed by atoms with Crippen LogP contribution in [0.25, 0.3) is 0 Å². The van der Waals surface area contributed by atoms with Crippen molar-refractivity contribution in [2.45, 2.75) is 32.1 Å². The highest BCUT2D eigenvalue weighted by atomic mass is 16.6. The maximum absolute atomic E-state index is 11.0. The number of carbonyl (C=O) groups excluding carboxylic acids is 1. The number of esters is 1. The number of rotatable bonds is 6. The molecule has 0 aliphatic heterocycles. The summed E-state index contributed by atoms with van der Waals surface area (Å²) in [6, 6.07) is 7.70. The molecule has 0 spiro atoms. The van der Waals surface area contributed by atoms with Crippen LogP contribution in [0.15, 0.2) is 24.3 Å². The Morgan fingerprint density at radius 3 is 2.55 bits per heavy atom. The lowest BCUT2D eigenvalue weighted by atomic mass is 9.89. The van der Waals surface area contributed by atoms with E-state index in [4.69, 9.17) is 4.74 Å². The first-order valence-corrected chi connectivity index (χ1v) is 7.31. The van der Waals surface area contributed by atoms with Crippen molar-refractivity contribution in [3.63, 3.8) is 0 Å². The van der Waals surface area contributed by atoms with Crippen molar-refractivity contribution in [2.24, 2.45) is 5.92 Å². The van der Waals surface area contributed by atoms with Crippen LogP contribution < -0.4 is 10.1 Å². The number of nitrogens with one attached hydrogen (secondary N) is 1. The molecule has 1 N–H and O–H groups in total. The van der Waals surface area contributed by atoms with Crippen LogP contribution in [-0.4, -0.2) is 26.2 Å². The summed E-state index contributed by atoms with van der Waals surface area (Å²) in [7, 11) is 1.35. The van der Waals surface area contributed by atoms with Gasteiger partial charge in [0.25, 0.3) is 0 Å². The molecule has 1 aliphatic carbocycles. The predicted molar refractivity (Wildman–Crippen MR) is 79.0 cm³/mol. The van der Waals surface area contributed by atoms with Gasteiger partial charge in [-0.05, 0) is 43.0 Å². The zero-order chi connectivity index (χ0) is 14.2. The Kier molecular flexibility index (Phi) is 5.71. The first kappa shape index (κ1) is 14.7. The summed E-state index contributed by atoms with van der Waals surface area (Å²) in [4.78, 5) is 11.0. The van der Waals surface area contributed by atoms with Gasteiger partial charge < -0.3 is 14.8 Å². The molecule has 0 aromatic heterocycles. The molecule has 0 amide bonds. The fourth-order valence-corrected chi connectivity index (χ4v) is 2.52. The molecule has 0 unspecified atom stereocenters. The van der Waals surface area contributed by atoms with Gasteiger partial charge in [-0.2, -0.15) is 0 Å². The Balaban J connectivity index is 1.74. The molecular formula is C16H23NO3. The highest BCUT2D eigenvalue weighted by Gasteiger charge is 2.12. The largest absolute Gasteiger partial charge is 0.482 e. The molecule has 4 nitrogen and oxygen atoms in total. The SMILES string of the molecule is COC(=O)COc1ccc(NCC2CCCCC2)cc1. The van der Waals surface area contributed by atoms with Gasteiger partial charge in [0.15, 0.2) is 6.61 Å². The molecule has 1 saturated carbocycles. The number of hydrogen-bond acceptors (Lipinski definition) is 4. The Hall–Kier alpha value is -1.71. The molecule has 0 atom stereocenters. The number of benzene rings is 1. The van der Waals surface area contributed by atoms with E-state index in [0.717, 1.165) is 18.2 Å². The van der Waals surface area contributed by atoms with Gasteiger partial charge >= 0.3 is 5.97 Å². The molecule has 110 valence electrons. The Bertz CT molecular complexity index is 410. The summed E-state index contributed by atoms with van der Waals surface area (Å²) < 4.78 is 9.83. The third kappa shape index (κ3) is 4.76. The zero-order valence-corrected chi connectivity index (χ0v) is 12.1. The Morgan fingerprint density at radius 2 is 1.90 bits per heavy atom. The molecule has 1 aliphatic rings. The van der Waals surface area contributed by atoms with Crippen molar-refractivity contribution in [3.8, 4) is 5.75 Å². The molecular weight excluding hydrogens is 254 g/mol. The van der Waals surface area contributed by atoms with Gasteiger partial charge in [0.05, 0.1) is 7.11 Å². The average Bonchev–Trinajstić information content (AvgIpc) is 2.52. The fourth-order valence-electron chi connectivity index (χ4n) is 2.52. The monoisotopic (exact) mass is 277 g/mol. The number of hydrogen-bond donors (Lipinski definition) is 1. The van der Waals surface area contributed by atoms with Crippen LogP contribution in [0.3, 0.4) is 0 Å². The lowest BCUT2D eigenvalue weighted by Gasteiger charge is -2.22. The van der Waals surface area contributed by atoms with E-state index in [1.807, 2.05) is 24.3 Å². The molecule has 0 heterocycles. The van der Waals surface area contributed by atoms with Crippen molar-refractivity contribution < 1.29 is 14.3 Å². The Labute approximate surface area is 120 Å². The minimum absolute atomic E-state index is 0.0502. The number of carbonyl (C=O) groups is 1. The number of anilines is 1. The first-order chi connectivity index (χ1) is 9.78. The van der Waals surface area contributed by atoms with E-state index in [2.05, 4.69) is 10.1 Å². The van der Waals surface area contributed by atoms with Gasteiger partial charge in [-0.1, -0.05) is 19.3 Å². The van der Waals surface area contributed by atoms with E-state index < -0.39 is 0 Å². The molecule has 4 heteroatoms. The molecule has 0 bridgehead atoms. The summed E-state index contributed by atoms with van der Waals surface area (Å²) >= 11 is 0. The van der Waals surface area contributed by atoms with Crippen LogP contribution in [0.4, 0.5) is 5.69 Å². The third-order valence-electron chi connectivity index (χ3n) is 3.76. The van der Waals surface area contributed by atoms with E-state index in [9.17, 15) is 4.79 Å². The molecule has 20 heavy (non-hydrogen) atoms. The number of ether oxygens (including phenoxy) is 2. The fraction of sp³-hybridized carbons (Fsp3) is 0.562. The van der Waals surface area contributed by atoms with Crippen LogP contribution in [0.2, 0.25) is 0 Å². The normalized spacial score (nSPS) is 15.7. The van der Waals surface area contributed by atoms with Gasteiger partial charge in [-0.25, -0.2) is 4.79 Å². The quantitative estimate of drug-likeness (QED) is 0.811.